The fourth-order valence-corrected chi connectivity index (χ4v) is 5.43. The van der Waals surface area contributed by atoms with Crippen molar-refractivity contribution in [2.24, 2.45) is 0 Å². The van der Waals surface area contributed by atoms with Crippen LogP contribution >= 0.6 is 0 Å². The first-order valence-electron chi connectivity index (χ1n) is 12.2. The summed E-state index contributed by atoms with van der Waals surface area (Å²) in [6, 6.07) is 17.0. The van der Waals surface area contributed by atoms with Crippen LogP contribution in [0.5, 0.6) is 0 Å². The molecule has 2 aromatic carbocycles. The summed E-state index contributed by atoms with van der Waals surface area (Å²) < 4.78 is 3.95. The van der Waals surface area contributed by atoms with Gasteiger partial charge in [-0.2, -0.15) is 0 Å². The summed E-state index contributed by atoms with van der Waals surface area (Å²) in [4.78, 5) is 21.7. The molecule has 0 unspecified atom stereocenters. The number of aromatic amines is 1. The molecule has 170 valence electrons. The Morgan fingerprint density at radius 2 is 1.73 bits per heavy atom. The number of hydrogen-bond acceptors (Lipinski definition) is 3. The average Bonchev–Trinajstić information content (AvgIpc) is 3.45. The number of aromatic nitrogens is 3. The van der Waals surface area contributed by atoms with Gasteiger partial charge in [-0.25, -0.2) is 4.79 Å². The van der Waals surface area contributed by atoms with Crippen LogP contribution in [0.2, 0.25) is 0 Å². The number of rotatable bonds is 5. The zero-order chi connectivity index (χ0) is 22.2. The summed E-state index contributed by atoms with van der Waals surface area (Å²) in [5.41, 5.74) is 5.86. The van der Waals surface area contributed by atoms with E-state index in [2.05, 4.69) is 57.3 Å². The predicted molar refractivity (Wildman–Crippen MR) is 136 cm³/mol. The van der Waals surface area contributed by atoms with E-state index in [1.165, 1.54) is 35.1 Å². The SMILES string of the molecule is O=c1n(CCN2CCN(c3ccc4[nH]ccc4c3)CC2)c2ccccc2n1C1=CCCCC1. The second-order valence-corrected chi connectivity index (χ2v) is 9.28. The summed E-state index contributed by atoms with van der Waals surface area (Å²) in [6.45, 7) is 5.69. The minimum atomic E-state index is 0.114. The van der Waals surface area contributed by atoms with Crippen LogP contribution in [0.4, 0.5) is 5.69 Å². The number of hydrogen-bond donors (Lipinski definition) is 1. The van der Waals surface area contributed by atoms with Gasteiger partial charge in [-0.15, -0.1) is 0 Å². The van der Waals surface area contributed by atoms with E-state index in [1.807, 2.05) is 27.5 Å². The van der Waals surface area contributed by atoms with Crippen molar-refractivity contribution in [3.63, 3.8) is 0 Å². The first kappa shape index (κ1) is 20.4. The smallest absolute Gasteiger partial charge is 0.333 e. The Hall–Kier alpha value is -3.25. The molecule has 0 atom stereocenters. The van der Waals surface area contributed by atoms with Gasteiger partial charge in [-0.3, -0.25) is 14.0 Å². The Bertz CT molecular complexity index is 1370. The molecule has 33 heavy (non-hydrogen) atoms. The summed E-state index contributed by atoms with van der Waals surface area (Å²) in [6.07, 6.45) is 8.70. The molecular formula is C27H31N5O. The molecule has 1 N–H and O–H groups in total. The minimum absolute atomic E-state index is 0.114. The lowest BCUT2D eigenvalue weighted by molar-refractivity contribution is 0.248. The highest BCUT2D eigenvalue weighted by Gasteiger charge is 2.20. The number of anilines is 1. The fraction of sp³-hybridized carbons (Fsp3) is 0.370. The van der Waals surface area contributed by atoms with E-state index in [9.17, 15) is 4.79 Å². The lowest BCUT2D eigenvalue weighted by Gasteiger charge is -2.36. The van der Waals surface area contributed by atoms with Gasteiger partial charge in [0.2, 0.25) is 0 Å². The number of nitrogens with zero attached hydrogens (tertiary/aromatic N) is 4. The van der Waals surface area contributed by atoms with E-state index < -0.39 is 0 Å². The maximum atomic E-state index is 13.4. The molecule has 4 aromatic rings. The van der Waals surface area contributed by atoms with Crippen LogP contribution < -0.4 is 10.6 Å². The Kier molecular flexibility index (Phi) is 5.30. The second kappa shape index (κ2) is 8.60. The van der Waals surface area contributed by atoms with Gasteiger partial charge in [0.15, 0.2) is 0 Å². The maximum Gasteiger partial charge on any atom is 0.333 e. The molecule has 6 heteroatoms. The molecular weight excluding hydrogens is 410 g/mol. The van der Waals surface area contributed by atoms with Gasteiger partial charge in [0.05, 0.1) is 11.0 Å². The maximum absolute atomic E-state index is 13.4. The van der Waals surface area contributed by atoms with Crippen molar-refractivity contribution in [2.45, 2.75) is 32.2 Å². The van der Waals surface area contributed by atoms with Crippen LogP contribution in [0.25, 0.3) is 27.6 Å². The highest BCUT2D eigenvalue weighted by molar-refractivity contribution is 5.83. The Morgan fingerprint density at radius 3 is 2.55 bits per heavy atom. The molecule has 0 bridgehead atoms. The van der Waals surface area contributed by atoms with E-state index in [4.69, 9.17) is 0 Å². The molecule has 0 amide bonds. The Morgan fingerprint density at radius 1 is 0.879 bits per heavy atom. The highest BCUT2D eigenvalue weighted by Crippen LogP contribution is 2.25. The highest BCUT2D eigenvalue weighted by atomic mass is 16.1. The van der Waals surface area contributed by atoms with E-state index in [1.54, 1.807) is 0 Å². The van der Waals surface area contributed by atoms with Crippen LogP contribution in [-0.2, 0) is 6.54 Å². The van der Waals surface area contributed by atoms with Gasteiger partial charge in [0, 0.05) is 67.8 Å². The quantitative estimate of drug-likeness (QED) is 0.495. The van der Waals surface area contributed by atoms with E-state index in [0.29, 0.717) is 0 Å². The second-order valence-electron chi connectivity index (χ2n) is 9.28. The molecule has 6 rings (SSSR count). The molecule has 0 saturated carbocycles. The minimum Gasteiger partial charge on any atom is -0.369 e. The predicted octanol–water partition coefficient (Wildman–Crippen LogP) is 4.52. The number of piperazine rings is 1. The largest absolute Gasteiger partial charge is 0.369 e. The molecule has 2 aromatic heterocycles. The topological polar surface area (TPSA) is 49.2 Å². The van der Waals surface area contributed by atoms with Crippen molar-refractivity contribution in [3.8, 4) is 0 Å². The first-order chi connectivity index (χ1) is 16.3. The summed E-state index contributed by atoms with van der Waals surface area (Å²) >= 11 is 0. The zero-order valence-corrected chi connectivity index (χ0v) is 19.0. The lowest BCUT2D eigenvalue weighted by Crippen LogP contribution is -2.47. The fourth-order valence-electron chi connectivity index (χ4n) is 5.43. The average molecular weight is 442 g/mol. The first-order valence-corrected chi connectivity index (χ1v) is 12.2. The number of fused-ring (bicyclic) bond motifs is 2. The van der Waals surface area contributed by atoms with Crippen LogP contribution in [0.3, 0.4) is 0 Å². The summed E-state index contributed by atoms with van der Waals surface area (Å²) in [5, 5.41) is 1.26. The Balaban J connectivity index is 1.16. The molecule has 6 nitrogen and oxygen atoms in total. The van der Waals surface area contributed by atoms with Crippen molar-refractivity contribution in [1.82, 2.24) is 19.0 Å². The van der Waals surface area contributed by atoms with Crippen molar-refractivity contribution < 1.29 is 0 Å². The molecule has 1 aliphatic heterocycles. The third kappa shape index (κ3) is 3.78. The van der Waals surface area contributed by atoms with Crippen LogP contribution in [0.15, 0.2) is 65.6 Å². The standard InChI is InChI=1S/C27H31N5O/c33-27-31(25-8-4-5-9-26(25)32(27)22-6-2-1-3-7-22)19-16-29-14-17-30(18-15-29)23-10-11-24-21(20-23)12-13-28-24/h4-6,8-13,20,28H,1-3,7,14-19H2. The van der Waals surface area contributed by atoms with Gasteiger partial charge in [-0.05, 0) is 62.1 Å². The lowest BCUT2D eigenvalue weighted by atomic mass is 10.0. The molecule has 1 aliphatic carbocycles. The van der Waals surface area contributed by atoms with E-state index >= 15 is 0 Å². The van der Waals surface area contributed by atoms with Gasteiger partial charge >= 0.3 is 5.69 Å². The Labute approximate surface area is 193 Å². The third-order valence-corrected chi connectivity index (χ3v) is 7.30. The van der Waals surface area contributed by atoms with Crippen molar-refractivity contribution >= 4 is 33.3 Å². The third-order valence-electron chi connectivity index (χ3n) is 7.30. The molecule has 1 fully saturated rings. The normalized spacial score (nSPS) is 17.7. The van der Waals surface area contributed by atoms with Crippen LogP contribution in [-0.4, -0.2) is 51.7 Å². The monoisotopic (exact) mass is 441 g/mol. The number of para-hydroxylation sites is 2. The van der Waals surface area contributed by atoms with E-state index in [-0.39, 0.29) is 5.69 Å². The van der Waals surface area contributed by atoms with Gasteiger partial charge in [0.25, 0.3) is 0 Å². The number of allylic oxidation sites excluding steroid dienone is 2. The molecule has 3 heterocycles. The zero-order valence-electron chi connectivity index (χ0n) is 19.0. The van der Waals surface area contributed by atoms with Crippen LogP contribution in [0.1, 0.15) is 25.7 Å². The van der Waals surface area contributed by atoms with Gasteiger partial charge < -0.3 is 9.88 Å². The molecule has 0 radical (unpaired) electrons. The number of benzene rings is 2. The summed E-state index contributed by atoms with van der Waals surface area (Å²) in [7, 11) is 0. The van der Waals surface area contributed by atoms with E-state index in [0.717, 1.165) is 63.1 Å². The number of H-pyrrole nitrogens is 1. The van der Waals surface area contributed by atoms with Gasteiger partial charge in [0.1, 0.15) is 0 Å². The van der Waals surface area contributed by atoms with Crippen LogP contribution in [0, 0.1) is 0 Å². The van der Waals surface area contributed by atoms with Crippen molar-refractivity contribution in [1.29, 1.82) is 0 Å². The van der Waals surface area contributed by atoms with Crippen molar-refractivity contribution in [2.75, 3.05) is 37.6 Å². The molecule has 1 saturated heterocycles. The number of nitrogens with one attached hydrogen (secondary N) is 1. The molecule has 0 spiro atoms. The summed E-state index contributed by atoms with van der Waals surface area (Å²) in [5.74, 6) is 0. The van der Waals surface area contributed by atoms with Crippen molar-refractivity contribution in [3.05, 3.63) is 71.3 Å². The van der Waals surface area contributed by atoms with Gasteiger partial charge in [-0.1, -0.05) is 18.2 Å². The number of imidazole rings is 1. The molecule has 2 aliphatic rings.